The molecule has 5 nitrogen and oxygen atoms in total. The standard InChI is InChI=1S/C18H23N3O2/c1-13-8-10-21(11-9-13)18(22)16-12-15(19-20(16)2)14-6-4-5-7-17(14)23-3/h4-7,12-13H,8-11H2,1-3H3. The predicted molar refractivity (Wildman–Crippen MR) is 89.5 cm³/mol. The molecule has 1 aliphatic heterocycles. The second-order valence-electron chi connectivity index (χ2n) is 6.21. The number of carbonyl (C=O) groups excluding carboxylic acids is 1. The molecular weight excluding hydrogens is 290 g/mol. The molecular formula is C18H23N3O2. The molecule has 122 valence electrons. The van der Waals surface area contributed by atoms with Crippen molar-refractivity contribution in [3.8, 4) is 17.0 Å². The number of methoxy groups -OCH3 is 1. The van der Waals surface area contributed by atoms with Crippen molar-refractivity contribution in [1.29, 1.82) is 0 Å². The van der Waals surface area contributed by atoms with Gasteiger partial charge in [0.1, 0.15) is 11.4 Å². The normalized spacial score (nSPS) is 15.7. The molecule has 1 saturated heterocycles. The monoisotopic (exact) mass is 313 g/mol. The van der Waals surface area contributed by atoms with Gasteiger partial charge in [-0.2, -0.15) is 5.10 Å². The van der Waals surface area contributed by atoms with E-state index in [9.17, 15) is 4.79 Å². The first-order valence-electron chi connectivity index (χ1n) is 8.07. The van der Waals surface area contributed by atoms with E-state index in [1.54, 1.807) is 11.8 Å². The van der Waals surface area contributed by atoms with E-state index >= 15 is 0 Å². The van der Waals surface area contributed by atoms with Crippen LogP contribution in [0.1, 0.15) is 30.3 Å². The van der Waals surface area contributed by atoms with Gasteiger partial charge in [-0.25, -0.2) is 0 Å². The van der Waals surface area contributed by atoms with Crippen LogP contribution >= 0.6 is 0 Å². The Morgan fingerprint density at radius 1 is 1.26 bits per heavy atom. The van der Waals surface area contributed by atoms with Crippen LogP contribution in [0.2, 0.25) is 0 Å². The van der Waals surface area contributed by atoms with Gasteiger partial charge in [-0.1, -0.05) is 19.1 Å². The van der Waals surface area contributed by atoms with Crippen LogP contribution in [-0.4, -0.2) is 40.8 Å². The summed E-state index contributed by atoms with van der Waals surface area (Å²) in [6, 6.07) is 9.58. The average Bonchev–Trinajstić information content (AvgIpc) is 2.96. The van der Waals surface area contributed by atoms with Gasteiger partial charge >= 0.3 is 0 Å². The molecule has 1 fully saturated rings. The van der Waals surface area contributed by atoms with Gasteiger partial charge in [0.15, 0.2) is 0 Å². The number of para-hydroxylation sites is 1. The van der Waals surface area contributed by atoms with E-state index in [0.29, 0.717) is 11.6 Å². The van der Waals surface area contributed by atoms with Crippen molar-refractivity contribution in [1.82, 2.24) is 14.7 Å². The zero-order valence-electron chi connectivity index (χ0n) is 14.0. The molecule has 1 amide bonds. The molecule has 23 heavy (non-hydrogen) atoms. The summed E-state index contributed by atoms with van der Waals surface area (Å²) < 4.78 is 7.06. The minimum atomic E-state index is 0.0630. The van der Waals surface area contributed by atoms with E-state index in [1.807, 2.05) is 42.3 Å². The fourth-order valence-corrected chi connectivity index (χ4v) is 3.03. The molecule has 0 saturated carbocycles. The Kier molecular flexibility index (Phi) is 4.37. The SMILES string of the molecule is COc1ccccc1-c1cc(C(=O)N2CCC(C)CC2)n(C)n1. The minimum Gasteiger partial charge on any atom is -0.496 e. The molecule has 2 aromatic rings. The quantitative estimate of drug-likeness (QED) is 0.875. The number of amides is 1. The molecule has 1 aromatic heterocycles. The van der Waals surface area contributed by atoms with Crippen LogP contribution in [0.15, 0.2) is 30.3 Å². The molecule has 0 atom stereocenters. The van der Waals surface area contributed by atoms with Gasteiger partial charge in [0.2, 0.25) is 0 Å². The van der Waals surface area contributed by atoms with Crippen LogP contribution in [0.25, 0.3) is 11.3 Å². The number of nitrogens with zero attached hydrogens (tertiary/aromatic N) is 3. The topological polar surface area (TPSA) is 47.4 Å². The predicted octanol–water partition coefficient (Wildman–Crippen LogP) is 2.97. The fourth-order valence-electron chi connectivity index (χ4n) is 3.03. The fraction of sp³-hybridized carbons (Fsp3) is 0.444. The number of rotatable bonds is 3. The summed E-state index contributed by atoms with van der Waals surface area (Å²) in [5.41, 5.74) is 2.29. The van der Waals surface area contributed by atoms with Gasteiger partial charge in [-0.05, 0) is 37.0 Å². The molecule has 2 heterocycles. The number of hydrogen-bond donors (Lipinski definition) is 0. The first-order chi connectivity index (χ1) is 11.1. The Bertz CT molecular complexity index is 700. The summed E-state index contributed by atoms with van der Waals surface area (Å²) in [4.78, 5) is 14.7. The summed E-state index contributed by atoms with van der Waals surface area (Å²) in [5.74, 6) is 1.53. The highest BCUT2D eigenvalue weighted by molar-refractivity contribution is 5.94. The number of likely N-dealkylation sites (tertiary alicyclic amines) is 1. The number of hydrogen-bond acceptors (Lipinski definition) is 3. The lowest BCUT2D eigenvalue weighted by molar-refractivity contribution is 0.0686. The lowest BCUT2D eigenvalue weighted by Gasteiger charge is -2.30. The van der Waals surface area contributed by atoms with Crippen molar-refractivity contribution in [3.05, 3.63) is 36.0 Å². The third-order valence-corrected chi connectivity index (χ3v) is 4.55. The summed E-state index contributed by atoms with van der Waals surface area (Å²) in [6.45, 7) is 3.90. The first-order valence-corrected chi connectivity index (χ1v) is 8.07. The van der Waals surface area contributed by atoms with Gasteiger partial charge in [0, 0.05) is 25.7 Å². The van der Waals surface area contributed by atoms with Gasteiger partial charge in [0.25, 0.3) is 5.91 Å². The molecule has 0 radical (unpaired) electrons. The summed E-state index contributed by atoms with van der Waals surface area (Å²) >= 11 is 0. The van der Waals surface area contributed by atoms with Crippen molar-refractivity contribution >= 4 is 5.91 Å². The maximum atomic E-state index is 12.8. The Hall–Kier alpha value is -2.30. The highest BCUT2D eigenvalue weighted by Crippen LogP contribution is 2.29. The van der Waals surface area contributed by atoms with Crippen LogP contribution in [-0.2, 0) is 7.05 Å². The molecule has 5 heteroatoms. The number of ether oxygens (including phenoxy) is 1. The lowest BCUT2D eigenvalue weighted by atomic mass is 9.99. The van der Waals surface area contributed by atoms with E-state index in [4.69, 9.17) is 4.74 Å². The highest BCUT2D eigenvalue weighted by atomic mass is 16.5. The number of aromatic nitrogens is 2. The summed E-state index contributed by atoms with van der Waals surface area (Å²) in [6.07, 6.45) is 2.14. The van der Waals surface area contributed by atoms with E-state index < -0.39 is 0 Å². The number of carbonyl (C=O) groups is 1. The highest BCUT2D eigenvalue weighted by Gasteiger charge is 2.24. The van der Waals surface area contributed by atoms with Gasteiger partial charge in [-0.3, -0.25) is 9.48 Å². The lowest BCUT2D eigenvalue weighted by Crippen LogP contribution is -2.38. The molecule has 0 N–H and O–H groups in total. The minimum absolute atomic E-state index is 0.0630. The molecule has 0 aliphatic carbocycles. The smallest absolute Gasteiger partial charge is 0.272 e. The van der Waals surface area contributed by atoms with Crippen molar-refractivity contribution in [3.63, 3.8) is 0 Å². The Morgan fingerprint density at radius 2 is 1.96 bits per heavy atom. The average molecular weight is 313 g/mol. The van der Waals surface area contributed by atoms with Crippen molar-refractivity contribution in [2.75, 3.05) is 20.2 Å². The van der Waals surface area contributed by atoms with Crippen LogP contribution in [0.3, 0.4) is 0 Å². The molecule has 3 rings (SSSR count). The number of benzene rings is 1. The largest absolute Gasteiger partial charge is 0.496 e. The second kappa shape index (κ2) is 6.44. The third kappa shape index (κ3) is 3.09. The molecule has 1 aromatic carbocycles. The maximum Gasteiger partial charge on any atom is 0.272 e. The van der Waals surface area contributed by atoms with Crippen LogP contribution < -0.4 is 4.74 Å². The summed E-state index contributed by atoms with van der Waals surface area (Å²) in [5, 5.41) is 4.51. The Labute approximate surface area is 136 Å². The van der Waals surface area contributed by atoms with Gasteiger partial charge in [-0.15, -0.1) is 0 Å². The number of aryl methyl sites for hydroxylation is 1. The van der Waals surface area contributed by atoms with E-state index in [2.05, 4.69) is 12.0 Å². The van der Waals surface area contributed by atoms with Gasteiger partial charge in [0.05, 0.1) is 12.8 Å². The molecule has 0 bridgehead atoms. The molecule has 0 unspecified atom stereocenters. The zero-order chi connectivity index (χ0) is 16.4. The van der Waals surface area contributed by atoms with Crippen molar-refractivity contribution in [2.45, 2.75) is 19.8 Å². The van der Waals surface area contributed by atoms with Gasteiger partial charge < -0.3 is 9.64 Å². The van der Waals surface area contributed by atoms with Crippen LogP contribution in [0.4, 0.5) is 0 Å². The molecule has 0 spiro atoms. The third-order valence-electron chi connectivity index (χ3n) is 4.55. The van der Waals surface area contributed by atoms with Crippen LogP contribution in [0, 0.1) is 5.92 Å². The van der Waals surface area contributed by atoms with Crippen LogP contribution in [0.5, 0.6) is 5.75 Å². The Morgan fingerprint density at radius 3 is 2.65 bits per heavy atom. The zero-order valence-corrected chi connectivity index (χ0v) is 14.0. The van der Waals surface area contributed by atoms with E-state index in [-0.39, 0.29) is 5.91 Å². The molecule has 1 aliphatic rings. The Balaban J connectivity index is 1.88. The second-order valence-corrected chi connectivity index (χ2v) is 6.21. The summed E-state index contributed by atoms with van der Waals surface area (Å²) in [7, 11) is 3.46. The van der Waals surface area contributed by atoms with Crippen molar-refractivity contribution < 1.29 is 9.53 Å². The van der Waals surface area contributed by atoms with E-state index in [0.717, 1.165) is 42.9 Å². The van der Waals surface area contributed by atoms with E-state index in [1.165, 1.54) is 0 Å². The maximum absolute atomic E-state index is 12.8. The first kappa shape index (κ1) is 15.6. The number of piperidine rings is 1. The van der Waals surface area contributed by atoms with Crippen molar-refractivity contribution in [2.24, 2.45) is 13.0 Å².